The molecule has 0 fully saturated rings. The molecule has 0 aliphatic heterocycles. The van der Waals surface area contributed by atoms with E-state index in [9.17, 15) is 14.4 Å². The number of esters is 1. The summed E-state index contributed by atoms with van der Waals surface area (Å²) in [4.78, 5) is 32.1. The van der Waals surface area contributed by atoms with Crippen molar-refractivity contribution in [3.05, 3.63) is 29.8 Å². The van der Waals surface area contributed by atoms with E-state index in [2.05, 4.69) is 0 Å². The van der Waals surface area contributed by atoms with Crippen molar-refractivity contribution in [2.45, 2.75) is 25.7 Å². The number of carboxylic acids is 1. The Morgan fingerprint density at radius 3 is 2.29 bits per heavy atom. The maximum Gasteiger partial charge on any atom is 0.305 e. The molecule has 0 saturated carbocycles. The van der Waals surface area contributed by atoms with Gasteiger partial charge in [-0.15, -0.1) is 0 Å². The van der Waals surface area contributed by atoms with Crippen LogP contribution in [0, 0.1) is 0 Å². The van der Waals surface area contributed by atoms with Gasteiger partial charge in [0.25, 0.3) is 0 Å². The molecule has 1 N–H and O–H groups in total. The number of aliphatic carboxylic acids is 1. The van der Waals surface area contributed by atoms with Crippen LogP contribution in [0.2, 0.25) is 0 Å². The second-order valence-electron chi connectivity index (χ2n) is 4.97. The highest BCUT2D eigenvalue weighted by molar-refractivity contribution is 5.74. The van der Waals surface area contributed by atoms with Gasteiger partial charge < -0.3 is 19.3 Å². The fourth-order valence-electron chi connectivity index (χ4n) is 1.80. The highest BCUT2D eigenvalue weighted by Gasteiger charge is 2.04. The van der Waals surface area contributed by atoms with E-state index < -0.39 is 5.97 Å². The summed E-state index contributed by atoms with van der Waals surface area (Å²) >= 11 is 0. The molecular formula is C17H22O7. The Hall–Kier alpha value is -2.41. The molecule has 0 unspecified atom stereocenters. The van der Waals surface area contributed by atoms with Gasteiger partial charge in [0.15, 0.2) is 0 Å². The fraction of sp³-hybridized carbons (Fsp3) is 0.471. The average molecular weight is 338 g/mol. The summed E-state index contributed by atoms with van der Waals surface area (Å²) in [6.07, 6.45) is 2.01. The Labute approximate surface area is 140 Å². The number of hydrogen-bond acceptors (Lipinski definition) is 6. The lowest BCUT2D eigenvalue weighted by Gasteiger charge is -2.08. The van der Waals surface area contributed by atoms with Crippen molar-refractivity contribution in [3.8, 4) is 5.75 Å². The second-order valence-corrected chi connectivity index (χ2v) is 4.97. The molecule has 0 aliphatic rings. The molecule has 24 heavy (non-hydrogen) atoms. The van der Waals surface area contributed by atoms with Crippen LogP contribution in [-0.2, 0) is 19.1 Å². The van der Waals surface area contributed by atoms with Crippen molar-refractivity contribution >= 4 is 18.2 Å². The van der Waals surface area contributed by atoms with E-state index >= 15 is 0 Å². The zero-order valence-corrected chi connectivity index (χ0v) is 13.4. The number of carbonyl (C=O) groups is 3. The highest BCUT2D eigenvalue weighted by atomic mass is 16.6. The van der Waals surface area contributed by atoms with Crippen LogP contribution in [-0.4, -0.2) is 49.8 Å². The monoisotopic (exact) mass is 338 g/mol. The zero-order valence-electron chi connectivity index (χ0n) is 13.4. The van der Waals surface area contributed by atoms with Gasteiger partial charge in [-0.05, 0) is 37.1 Å². The minimum absolute atomic E-state index is 0.0638. The summed E-state index contributed by atoms with van der Waals surface area (Å²) in [6.45, 7) is 1.13. The summed E-state index contributed by atoms with van der Waals surface area (Å²) in [5.41, 5.74) is 0.586. The van der Waals surface area contributed by atoms with E-state index in [1.807, 2.05) is 0 Å². The first-order chi connectivity index (χ1) is 11.6. The summed E-state index contributed by atoms with van der Waals surface area (Å²) < 4.78 is 15.6. The summed E-state index contributed by atoms with van der Waals surface area (Å²) in [5, 5.41) is 8.46. The Kier molecular flexibility index (Phi) is 9.87. The van der Waals surface area contributed by atoms with Crippen LogP contribution in [0.1, 0.15) is 36.0 Å². The first kappa shape index (κ1) is 19.6. The average Bonchev–Trinajstić information content (AvgIpc) is 2.58. The first-order valence-electron chi connectivity index (χ1n) is 7.75. The molecule has 0 bridgehead atoms. The van der Waals surface area contributed by atoms with Crippen LogP contribution in [0.4, 0.5) is 0 Å². The van der Waals surface area contributed by atoms with E-state index in [0.29, 0.717) is 37.4 Å². The van der Waals surface area contributed by atoms with Crippen LogP contribution in [0.5, 0.6) is 5.75 Å². The molecule has 1 rings (SSSR count). The third-order valence-electron chi connectivity index (χ3n) is 3.02. The summed E-state index contributed by atoms with van der Waals surface area (Å²) in [6, 6.07) is 6.74. The smallest absolute Gasteiger partial charge is 0.305 e. The Balaban J connectivity index is 1.95. The molecular weight excluding hydrogens is 316 g/mol. The van der Waals surface area contributed by atoms with Crippen molar-refractivity contribution < 1.29 is 33.7 Å². The van der Waals surface area contributed by atoms with Crippen molar-refractivity contribution in [2.24, 2.45) is 0 Å². The quantitative estimate of drug-likeness (QED) is 0.334. The zero-order chi connectivity index (χ0) is 17.6. The largest absolute Gasteiger partial charge is 0.491 e. The minimum atomic E-state index is -0.862. The maximum atomic E-state index is 11.3. The lowest BCUT2D eigenvalue weighted by Crippen LogP contribution is -2.13. The van der Waals surface area contributed by atoms with Gasteiger partial charge in [-0.25, -0.2) is 0 Å². The number of hydrogen-bond donors (Lipinski definition) is 1. The van der Waals surface area contributed by atoms with Crippen LogP contribution in [0.3, 0.4) is 0 Å². The second kappa shape index (κ2) is 12.1. The molecule has 7 nitrogen and oxygen atoms in total. The van der Waals surface area contributed by atoms with Crippen molar-refractivity contribution in [3.63, 3.8) is 0 Å². The van der Waals surface area contributed by atoms with Gasteiger partial charge in [-0.3, -0.25) is 14.4 Å². The SMILES string of the molecule is O=Cc1ccc(OCCOCCOC(=O)CCCCC(=O)O)cc1. The first-order valence-corrected chi connectivity index (χ1v) is 7.75. The molecule has 132 valence electrons. The number of benzene rings is 1. The lowest BCUT2D eigenvalue weighted by atomic mass is 10.2. The predicted molar refractivity (Wildman–Crippen MR) is 85.2 cm³/mol. The molecule has 0 atom stereocenters. The fourth-order valence-corrected chi connectivity index (χ4v) is 1.80. The molecule has 0 aromatic heterocycles. The number of unbranched alkanes of at least 4 members (excludes halogenated alkanes) is 1. The van der Waals surface area contributed by atoms with Crippen molar-refractivity contribution in [2.75, 3.05) is 26.4 Å². The third kappa shape index (κ3) is 9.58. The molecule has 0 amide bonds. The van der Waals surface area contributed by atoms with Gasteiger partial charge in [-0.2, -0.15) is 0 Å². The molecule has 7 heteroatoms. The molecule has 1 aromatic carbocycles. The Bertz CT molecular complexity index is 510. The van der Waals surface area contributed by atoms with Gasteiger partial charge in [0.05, 0.1) is 13.2 Å². The highest BCUT2D eigenvalue weighted by Crippen LogP contribution is 2.10. The number of carbonyl (C=O) groups excluding carboxylic acids is 2. The molecule has 1 aromatic rings. The maximum absolute atomic E-state index is 11.3. The van der Waals surface area contributed by atoms with Gasteiger partial charge in [0.2, 0.25) is 0 Å². The van der Waals surface area contributed by atoms with Crippen LogP contribution in [0.15, 0.2) is 24.3 Å². The molecule has 0 heterocycles. The number of carboxylic acid groups (broad SMARTS) is 1. The minimum Gasteiger partial charge on any atom is -0.491 e. The Morgan fingerprint density at radius 1 is 0.958 bits per heavy atom. The van der Waals surface area contributed by atoms with Crippen LogP contribution < -0.4 is 4.74 Å². The third-order valence-corrected chi connectivity index (χ3v) is 3.02. The van der Waals surface area contributed by atoms with Gasteiger partial charge >= 0.3 is 11.9 Å². The molecule has 0 saturated heterocycles. The van der Waals surface area contributed by atoms with Gasteiger partial charge in [0.1, 0.15) is 25.2 Å². The summed E-state index contributed by atoms with van der Waals surface area (Å²) in [5.74, 6) is -0.564. The summed E-state index contributed by atoms with van der Waals surface area (Å²) in [7, 11) is 0. The van der Waals surface area contributed by atoms with E-state index in [1.165, 1.54) is 0 Å². The molecule has 0 radical (unpaired) electrons. The number of ether oxygens (including phenoxy) is 3. The number of aldehydes is 1. The molecule has 0 aliphatic carbocycles. The van der Waals surface area contributed by atoms with Gasteiger partial charge in [0, 0.05) is 18.4 Å². The van der Waals surface area contributed by atoms with E-state index in [0.717, 1.165) is 6.29 Å². The predicted octanol–water partition coefficient (Wildman–Crippen LogP) is 2.08. The van der Waals surface area contributed by atoms with E-state index in [-0.39, 0.29) is 32.0 Å². The molecule has 0 spiro atoms. The van der Waals surface area contributed by atoms with Crippen molar-refractivity contribution in [1.82, 2.24) is 0 Å². The van der Waals surface area contributed by atoms with Crippen LogP contribution >= 0.6 is 0 Å². The number of rotatable bonds is 13. The standard InChI is InChI=1S/C17H22O7/c18-13-14-5-7-15(8-6-14)23-11-9-22-10-12-24-17(21)4-2-1-3-16(19)20/h5-8,13H,1-4,9-12H2,(H,19,20). The van der Waals surface area contributed by atoms with Crippen molar-refractivity contribution in [1.29, 1.82) is 0 Å². The Morgan fingerprint density at radius 2 is 1.62 bits per heavy atom. The van der Waals surface area contributed by atoms with E-state index in [1.54, 1.807) is 24.3 Å². The van der Waals surface area contributed by atoms with E-state index in [4.69, 9.17) is 19.3 Å². The normalized spacial score (nSPS) is 10.2. The van der Waals surface area contributed by atoms with Gasteiger partial charge in [-0.1, -0.05) is 0 Å². The topological polar surface area (TPSA) is 99.1 Å². The lowest BCUT2D eigenvalue weighted by molar-refractivity contribution is -0.145. The van der Waals surface area contributed by atoms with Crippen LogP contribution in [0.25, 0.3) is 0 Å².